The number of sulfonamides is 1. The van der Waals surface area contributed by atoms with Gasteiger partial charge in [0.1, 0.15) is 0 Å². The molecule has 8 heteroatoms. The van der Waals surface area contributed by atoms with E-state index in [1.54, 1.807) is 19.9 Å². The van der Waals surface area contributed by atoms with E-state index >= 15 is 0 Å². The molecule has 0 unspecified atom stereocenters. The lowest BCUT2D eigenvalue weighted by Crippen LogP contribution is -2.46. The van der Waals surface area contributed by atoms with Gasteiger partial charge in [-0.15, -0.1) is 0 Å². The van der Waals surface area contributed by atoms with Gasteiger partial charge in [-0.1, -0.05) is 6.07 Å². The number of nitro groups is 1. The van der Waals surface area contributed by atoms with Crippen LogP contribution in [-0.2, 0) is 10.0 Å². The van der Waals surface area contributed by atoms with Gasteiger partial charge in [0.25, 0.3) is 5.69 Å². The monoisotopic (exact) mass is 299 g/mol. The second kappa shape index (κ2) is 5.47. The van der Waals surface area contributed by atoms with Crippen molar-refractivity contribution in [2.75, 3.05) is 26.2 Å². The van der Waals surface area contributed by atoms with Crippen LogP contribution in [0.15, 0.2) is 17.0 Å². The Kier molecular flexibility index (Phi) is 4.07. The van der Waals surface area contributed by atoms with Crippen molar-refractivity contribution in [1.82, 2.24) is 9.62 Å². The molecule has 110 valence electrons. The summed E-state index contributed by atoms with van der Waals surface area (Å²) < 4.78 is 26.7. The summed E-state index contributed by atoms with van der Waals surface area (Å²) in [4.78, 5) is 10.3. The fourth-order valence-electron chi connectivity index (χ4n) is 2.26. The van der Waals surface area contributed by atoms with Crippen molar-refractivity contribution in [3.05, 3.63) is 33.4 Å². The molecule has 0 aromatic heterocycles. The molecular formula is C12H17N3O4S. The van der Waals surface area contributed by atoms with Gasteiger partial charge >= 0.3 is 0 Å². The van der Waals surface area contributed by atoms with E-state index in [2.05, 4.69) is 5.32 Å². The van der Waals surface area contributed by atoms with Gasteiger partial charge < -0.3 is 5.32 Å². The van der Waals surface area contributed by atoms with Gasteiger partial charge in [-0.3, -0.25) is 10.1 Å². The highest BCUT2D eigenvalue weighted by Crippen LogP contribution is 2.31. The van der Waals surface area contributed by atoms with Gasteiger partial charge in [0.05, 0.1) is 4.92 Å². The quantitative estimate of drug-likeness (QED) is 0.658. The van der Waals surface area contributed by atoms with Crippen molar-refractivity contribution in [1.29, 1.82) is 0 Å². The van der Waals surface area contributed by atoms with E-state index in [9.17, 15) is 18.5 Å². The average molecular weight is 299 g/mol. The predicted molar refractivity (Wildman–Crippen MR) is 74.2 cm³/mol. The Morgan fingerprint density at radius 3 is 2.40 bits per heavy atom. The van der Waals surface area contributed by atoms with Crippen LogP contribution in [0.5, 0.6) is 0 Å². The van der Waals surface area contributed by atoms with Crippen LogP contribution < -0.4 is 5.32 Å². The van der Waals surface area contributed by atoms with Gasteiger partial charge in [-0.25, -0.2) is 8.42 Å². The Labute approximate surface area is 117 Å². The Morgan fingerprint density at radius 1 is 1.25 bits per heavy atom. The van der Waals surface area contributed by atoms with Crippen molar-refractivity contribution in [3.8, 4) is 0 Å². The maximum absolute atomic E-state index is 12.7. The summed E-state index contributed by atoms with van der Waals surface area (Å²) >= 11 is 0. The first-order chi connectivity index (χ1) is 9.35. The molecule has 0 saturated carbocycles. The highest BCUT2D eigenvalue weighted by Gasteiger charge is 2.34. The van der Waals surface area contributed by atoms with Crippen LogP contribution in [0.2, 0.25) is 0 Å². The summed E-state index contributed by atoms with van der Waals surface area (Å²) in [7, 11) is -3.84. The molecule has 1 N–H and O–H groups in total. The summed E-state index contributed by atoms with van der Waals surface area (Å²) in [5, 5.41) is 14.2. The van der Waals surface area contributed by atoms with Crippen LogP contribution in [0, 0.1) is 24.0 Å². The van der Waals surface area contributed by atoms with Gasteiger partial charge in [-0.2, -0.15) is 4.31 Å². The highest BCUT2D eigenvalue weighted by molar-refractivity contribution is 7.89. The van der Waals surface area contributed by atoms with Crippen LogP contribution in [0.4, 0.5) is 5.69 Å². The smallest absolute Gasteiger partial charge is 0.289 e. The van der Waals surface area contributed by atoms with E-state index in [0.29, 0.717) is 31.7 Å². The van der Waals surface area contributed by atoms with Crippen molar-refractivity contribution in [2.24, 2.45) is 0 Å². The summed E-state index contributed by atoms with van der Waals surface area (Å²) in [6, 6.07) is 2.83. The van der Waals surface area contributed by atoms with E-state index in [4.69, 9.17) is 0 Å². The topological polar surface area (TPSA) is 92.5 Å². The minimum absolute atomic E-state index is 0.176. The van der Waals surface area contributed by atoms with E-state index < -0.39 is 14.9 Å². The van der Waals surface area contributed by atoms with Gasteiger partial charge in [0, 0.05) is 32.2 Å². The first kappa shape index (κ1) is 14.9. The van der Waals surface area contributed by atoms with Crippen LogP contribution in [0.25, 0.3) is 0 Å². The van der Waals surface area contributed by atoms with Crippen LogP contribution in [0.3, 0.4) is 0 Å². The summed E-state index contributed by atoms with van der Waals surface area (Å²) in [5.41, 5.74) is 0.814. The lowest BCUT2D eigenvalue weighted by Gasteiger charge is -2.27. The van der Waals surface area contributed by atoms with Crippen molar-refractivity contribution in [3.63, 3.8) is 0 Å². The molecule has 0 radical (unpaired) electrons. The van der Waals surface area contributed by atoms with Crippen LogP contribution in [0.1, 0.15) is 11.1 Å². The lowest BCUT2D eigenvalue weighted by molar-refractivity contribution is -0.388. The third-order valence-electron chi connectivity index (χ3n) is 3.53. The van der Waals surface area contributed by atoms with E-state index in [0.717, 1.165) is 5.56 Å². The third-order valence-corrected chi connectivity index (χ3v) is 5.60. The van der Waals surface area contributed by atoms with Crippen LogP contribution >= 0.6 is 0 Å². The second-order valence-corrected chi connectivity index (χ2v) is 6.64. The number of piperazine rings is 1. The maximum Gasteiger partial charge on any atom is 0.289 e. The minimum Gasteiger partial charge on any atom is -0.314 e. The first-order valence-corrected chi connectivity index (χ1v) is 7.75. The number of benzene rings is 1. The Balaban J connectivity index is 2.60. The molecule has 0 spiro atoms. The SMILES string of the molecule is Cc1ccc([N+](=O)[O-])c(S(=O)(=O)N2CCNCC2)c1C. The fourth-order valence-corrected chi connectivity index (χ4v) is 4.14. The molecule has 1 aliphatic heterocycles. The zero-order valence-electron chi connectivity index (χ0n) is 11.4. The Bertz CT molecular complexity index is 636. The molecule has 1 aromatic rings. The lowest BCUT2D eigenvalue weighted by atomic mass is 10.1. The molecule has 1 saturated heterocycles. The van der Waals surface area contributed by atoms with Crippen molar-refractivity contribution in [2.45, 2.75) is 18.7 Å². The Morgan fingerprint density at radius 2 is 1.85 bits per heavy atom. The second-order valence-electron chi connectivity index (χ2n) is 4.77. The zero-order valence-corrected chi connectivity index (χ0v) is 12.2. The Hall–Kier alpha value is -1.51. The standard InChI is InChI=1S/C12H17N3O4S/c1-9-3-4-11(15(16)17)12(10(9)2)20(18,19)14-7-5-13-6-8-14/h3-4,13H,5-8H2,1-2H3. The molecule has 1 heterocycles. The van der Waals surface area contributed by atoms with E-state index in [1.165, 1.54) is 10.4 Å². The van der Waals surface area contributed by atoms with Gasteiger partial charge in [-0.05, 0) is 25.0 Å². The van der Waals surface area contributed by atoms with Gasteiger partial charge in [0.2, 0.25) is 10.0 Å². The summed E-state index contributed by atoms with van der Waals surface area (Å²) in [6.07, 6.45) is 0. The zero-order chi connectivity index (χ0) is 14.9. The molecule has 2 rings (SSSR count). The fraction of sp³-hybridized carbons (Fsp3) is 0.500. The number of aryl methyl sites for hydroxylation is 1. The first-order valence-electron chi connectivity index (χ1n) is 6.31. The molecular weight excluding hydrogens is 282 g/mol. The minimum atomic E-state index is -3.84. The molecule has 1 aliphatic rings. The average Bonchev–Trinajstić information content (AvgIpc) is 2.42. The molecule has 20 heavy (non-hydrogen) atoms. The molecule has 0 amide bonds. The number of nitro benzene ring substituents is 1. The number of hydrogen-bond donors (Lipinski definition) is 1. The normalized spacial score (nSPS) is 17.1. The summed E-state index contributed by atoms with van der Waals surface area (Å²) in [5.74, 6) is 0. The molecule has 1 fully saturated rings. The number of nitrogens with zero attached hydrogens (tertiary/aromatic N) is 2. The van der Waals surface area contributed by atoms with E-state index in [-0.39, 0.29) is 10.6 Å². The highest BCUT2D eigenvalue weighted by atomic mass is 32.2. The number of nitrogens with one attached hydrogen (secondary N) is 1. The third kappa shape index (κ3) is 2.54. The van der Waals surface area contributed by atoms with Crippen molar-refractivity contribution < 1.29 is 13.3 Å². The molecule has 0 bridgehead atoms. The van der Waals surface area contributed by atoms with Gasteiger partial charge in [0.15, 0.2) is 4.90 Å². The number of hydrogen-bond acceptors (Lipinski definition) is 5. The van der Waals surface area contributed by atoms with Crippen LogP contribution in [-0.4, -0.2) is 43.8 Å². The number of rotatable bonds is 3. The van der Waals surface area contributed by atoms with E-state index in [1.807, 2.05) is 0 Å². The summed E-state index contributed by atoms with van der Waals surface area (Å²) in [6.45, 7) is 5.11. The maximum atomic E-state index is 12.7. The molecule has 1 aromatic carbocycles. The van der Waals surface area contributed by atoms with Crippen molar-refractivity contribution >= 4 is 15.7 Å². The molecule has 0 aliphatic carbocycles. The predicted octanol–water partition coefficient (Wildman–Crippen LogP) is 0.806. The molecule has 7 nitrogen and oxygen atoms in total. The largest absolute Gasteiger partial charge is 0.314 e. The molecule has 0 atom stereocenters.